The third kappa shape index (κ3) is 4.88. The molecule has 1 aliphatic rings. The van der Waals surface area contributed by atoms with Gasteiger partial charge in [0, 0.05) is 23.0 Å². The predicted octanol–water partition coefficient (Wildman–Crippen LogP) is 2.17. The number of benzene rings is 1. The Morgan fingerprint density at radius 1 is 1.29 bits per heavy atom. The van der Waals surface area contributed by atoms with Gasteiger partial charge in [-0.05, 0) is 43.5 Å². The van der Waals surface area contributed by atoms with Gasteiger partial charge >= 0.3 is 0 Å². The van der Waals surface area contributed by atoms with Crippen LogP contribution in [0.15, 0.2) is 29.2 Å². The Kier molecular flexibility index (Phi) is 5.93. The number of hydrogen-bond donors (Lipinski definition) is 2. The molecule has 1 aromatic carbocycles. The predicted molar refractivity (Wildman–Crippen MR) is 84.6 cm³/mol. The van der Waals surface area contributed by atoms with E-state index in [0.29, 0.717) is 43.1 Å². The molecule has 4 nitrogen and oxygen atoms in total. The Hall–Kier alpha value is -0.750. The molecule has 1 aromatic rings. The van der Waals surface area contributed by atoms with Gasteiger partial charge in [-0.15, -0.1) is 11.8 Å². The van der Waals surface area contributed by atoms with Crippen molar-refractivity contribution >= 4 is 29.3 Å². The van der Waals surface area contributed by atoms with Crippen LogP contribution >= 0.6 is 23.4 Å². The topological polar surface area (TPSA) is 60.8 Å². The Balaban J connectivity index is 1.84. The molecule has 0 aliphatic carbocycles. The first kappa shape index (κ1) is 16.6. The molecular weight excluding hydrogens is 310 g/mol. The zero-order chi connectivity index (χ0) is 15.3. The quantitative estimate of drug-likeness (QED) is 0.831. The van der Waals surface area contributed by atoms with Crippen LogP contribution in [-0.2, 0) is 4.79 Å². The molecule has 6 heteroatoms. The lowest BCUT2D eigenvalue weighted by Crippen LogP contribution is -2.37. The van der Waals surface area contributed by atoms with E-state index in [1.54, 1.807) is 4.90 Å². The first-order chi connectivity index (χ1) is 10.0. The van der Waals surface area contributed by atoms with Crippen LogP contribution in [0.5, 0.6) is 0 Å². The molecule has 21 heavy (non-hydrogen) atoms. The molecule has 2 N–H and O–H groups in total. The third-order valence-electron chi connectivity index (χ3n) is 3.74. The maximum absolute atomic E-state index is 12.2. The van der Waals surface area contributed by atoms with Crippen molar-refractivity contribution in [3.63, 3.8) is 0 Å². The van der Waals surface area contributed by atoms with Gasteiger partial charge in [-0.25, -0.2) is 0 Å². The fraction of sp³-hybridized carbons (Fsp3) is 0.533. The lowest BCUT2D eigenvalue weighted by molar-refractivity contribution is -0.128. The first-order valence-electron chi connectivity index (χ1n) is 7.02. The zero-order valence-corrected chi connectivity index (χ0v) is 13.4. The molecule has 0 radical (unpaired) electrons. The van der Waals surface area contributed by atoms with Crippen LogP contribution in [0.25, 0.3) is 0 Å². The molecule has 0 saturated carbocycles. The van der Waals surface area contributed by atoms with Crippen molar-refractivity contribution in [1.82, 2.24) is 4.90 Å². The van der Waals surface area contributed by atoms with Crippen LogP contribution < -0.4 is 0 Å². The van der Waals surface area contributed by atoms with Crippen molar-refractivity contribution in [3.05, 3.63) is 29.3 Å². The van der Waals surface area contributed by atoms with Crippen LogP contribution in [0.2, 0.25) is 5.02 Å². The number of thioether (sulfide) groups is 1. The number of aliphatic hydroxyl groups excluding tert-OH is 1. The fourth-order valence-electron chi connectivity index (χ4n) is 2.35. The highest BCUT2D eigenvalue weighted by Gasteiger charge is 2.30. The van der Waals surface area contributed by atoms with E-state index in [9.17, 15) is 15.0 Å². The summed E-state index contributed by atoms with van der Waals surface area (Å²) in [5.74, 6) is 0.441. The maximum atomic E-state index is 12.2. The minimum Gasteiger partial charge on any atom is -0.393 e. The summed E-state index contributed by atoms with van der Waals surface area (Å²) in [5.41, 5.74) is -1.03. The van der Waals surface area contributed by atoms with E-state index in [1.807, 2.05) is 24.3 Å². The van der Waals surface area contributed by atoms with Crippen LogP contribution in [0.4, 0.5) is 0 Å². The lowest BCUT2D eigenvalue weighted by Gasteiger charge is -2.24. The van der Waals surface area contributed by atoms with E-state index in [-0.39, 0.29) is 12.5 Å². The standard InChI is InChI=1S/C15H20ClNO3S/c16-12-2-4-13(5-3-12)21-10-14(19)17-8-1-6-15(20,11-18)7-9-17/h2-5,18,20H,1,6-11H2/t15-/m0/s1. The summed E-state index contributed by atoms with van der Waals surface area (Å²) in [4.78, 5) is 15.0. The second-order valence-corrected chi connectivity index (χ2v) is 6.84. The number of carbonyl (C=O) groups is 1. The summed E-state index contributed by atoms with van der Waals surface area (Å²) >= 11 is 7.31. The molecule has 1 heterocycles. The molecule has 1 atom stereocenters. The number of aliphatic hydroxyl groups is 2. The minimum absolute atomic E-state index is 0.0668. The van der Waals surface area contributed by atoms with Gasteiger partial charge in [0.25, 0.3) is 0 Å². The monoisotopic (exact) mass is 329 g/mol. The molecule has 116 valence electrons. The van der Waals surface area contributed by atoms with Gasteiger partial charge < -0.3 is 15.1 Å². The largest absolute Gasteiger partial charge is 0.393 e. The van der Waals surface area contributed by atoms with Crippen molar-refractivity contribution in [2.45, 2.75) is 29.8 Å². The molecule has 1 fully saturated rings. The van der Waals surface area contributed by atoms with Crippen molar-refractivity contribution < 1.29 is 15.0 Å². The average molecular weight is 330 g/mol. The number of hydrogen-bond acceptors (Lipinski definition) is 4. The molecule has 1 saturated heterocycles. The van der Waals surface area contributed by atoms with Gasteiger partial charge in [-0.1, -0.05) is 11.6 Å². The van der Waals surface area contributed by atoms with Crippen LogP contribution in [-0.4, -0.2) is 52.1 Å². The average Bonchev–Trinajstić information content (AvgIpc) is 2.69. The van der Waals surface area contributed by atoms with Gasteiger partial charge in [0.15, 0.2) is 0 Å². The van der Waals surface area contributed by atoms with Gasteiger partial charge in [0.2, 0.25) is 5.91 Å². The molecule has 2 rings (SSSR count). The second-order valence-electron chi connectivity index (χ2n) is 5.36. The summed E-state index contributed by atoms with van der Waals surface area (Å²) < 4.78 is 0. The lowest BCUT2D eigenvalue weighted by atomic mass is 9.96. The van der Waals surface area contributed by atoms with Crippen molar-refractivity contribution in [3.8, 4) is 0 Å². The number of nitrogens with zero attached hydrogens (tertiary/aromatic N) is 1. The summed E-state index contributed by atoms with van der Waals surface area (Å²) in [6, 6.07) is 7.41. The molecule has 1 amide bonds. The Morgan fingerprint density at radius 2 is 2.00 bits per heavy atom. The fourth-order valence-corrected chi connectivity index (χ4v) is 3.28. The van der Waals surface area contributed by atoms with E-state index in [4.69, 9.17) is 11.6 Å². The number of amides is 1. The number of rotatable bonds is 4. The van der Waals surface area contributed by atoms with Crippen LogP contribution in [0, 0.1) is 0 Å². The van der Waals surface area contributed by atoms with E-state index in [2.05, 4.69) is 0 Å². The van der Waals surface area contributed by atoms with Gasteiger partial charge in [-0.2, -0.15) is 0 Å². The van der Waals surface area contributed by atoms with E-state index >= 15 is 0 Å². The summed E-state index contributed by atoms with van der Waals surface area (Å²) in [7, 11) is 0. The number of likely N-dealkylation sites (tertiary alicyclic amines) is 1. The summed E-state index contributed by atoms with van der Waals surface area (Å²) in [6.07, 6.45) is 1.69. The first-order valence-corrected chi connectivity index (χ1v) is 8.38. The normalized spacial score (nSPS) is 22.9. The highest BCUT2D eigenvalue weighted by molar-refractivity contribution is 8.00. The minimum atomic E-state index is -1.03. The Morgan fingerprint density at radius 3 is 2.67 bits per heavy atom. The molecule has 0 aromatic heterocycles. The molecule has 0 spiro atoms. The summed E-state index contributed by atoms with van der Waals surface area (Å²) in [6.45, 7) is 0.897. The van der Waals surface area contributed by atoms with E-state index in [1.165, 1.54) is 11.8 Å². The van der Waals surface area contributed by atoms with E-state index < -0.39 is 5.60 Å². The van der Waals surface area contributed by atoms with Crippen molar-refractivity contribution in [1.29, 1.82) is 0 Å². The maximum Gasteiger partial charge on any atom is 0.232 e. The molecule has 1 aliphatic heterocycles. The number of halogens is 1. The molecule has 0 unspecified atom stereocenters. The second kappa shape index (κ2) is 7.49. The third-order valence-corrected chi connectivity index (χ3v) is 4.99. The van der Waals surface area contributed by atoms with Crippen LogP contribution in [0.3, 0.4) is 0 Å². The zero-order valence-electron chi connectivity index (χ0n) is 11.8. The summed E-state index contributed by atoms with van der Waals surface area (Å²) in [5, 5.41) is 20.0. The van der Waals surface area contributed by atoms with Gasteiger partial charge in [0.1, 0.15) is 0 Å². The Labute approximate surface area is 134 Å². The van der Waals surface area contributed by atoms with Crippen molar-refractivity contribution in [2.75, 3.05) is 25.4 Å². The SMILES string of the molecule is O=C(CSc1ccc(Cl)cc1)N1CCC[C@@](O)(CO)CC1. The van der Waals surface area contributed by atoms with Gasteiger partial charge in [-0.3, -0.25) is 4.79 Å². The molecular formula is C15H20ClNO3S. The molecule has 0 bridgehead atoms. The smallest absolute Gasteiger partial charge is 0.232 e. The highest BCUT2D eigenvalue weighted by atomic mass is 35.5. The Bertz CT molecular complexity index is 482. The highest BCUT2D eigenvalue weighted by Crippen LogP contribution is 2.24. The van der Waals surface area contributed by atoms with Crippen molar-refractivity contribution in [2.24, 2.45) is 0 Å². The van der Waals surface area contributed by atoms with Crippen LogP contribution in [0.1, 0.15) is 19.3 Å². The number of carbonyl (C=O) groups excluding carboxylic acids is 1. The van der Waals surface area contributed by atoms with Gasteiger partial charge in [0.05, 0.1) is 18.0 Å². The van der Waals surface area contributed by atoms with E-state index in [0.717, 1.165) is 4.90 Å².